The Hall–Kier alpha value is -1.52. The highest BCUT2D eigenvalue weighted by atomic mass is 127. The van der Waals surface area contributed by atoms with E-state index in [2.05, 4.69) is 32.7 Å². The second-order valence-electron chi connectivity index (χ2n) is 6.23. The summed E-state index contributed by atoms with van der Waals surface area (Å²) in [4.78, 5) is 3.89. The van der Waals surface area contributed by atoms with Crippen molar-refractivity contribution in [1.82, 2.24) is 5.01 Å². The summed E-state index contributed by atoms with van der Waals surface area (Å²) in [6, 6.07) is 13.3. The Morgan fingerprint density at radius 2 is 2.00 bits per heavy atom. The van der Waals surface area contributed by atoms with E-state index in [9.17, 15) is 8.78 Å². The molecule has 1 unspecified atom stereocenters. The SMILES string of the molecule is CCN=C(I)N1N=C(c2cc(F)ccc2F)SC1(CCCN)c1ccccc1. The number of hydrogen-bond donors (Lipinski definition) is 1. The summed E-state index contributed by atoms with van der Waals surface area (Å²) in [7, 11) is 0. The summed E-state index contributed by atoms with van der Waals surface area (Å²) in [6.45, 7) is 3.07. The van der Waals surface area contributed by atoms with E-state index in [0.717, 1.165) is 24.1 Å². The van der Waals surface area contributed by atoms with Gasteiger partial charge in [-0.1, -0.05) is 42.1 Å². The second-order valence-corrected chi connectivity index (χ2v) is 8.46. The van der Waals surface area contributed by atoms with Crippen LogP contribution in [-0.2, 0) is 4.87 Å². The van der Waals surface area contributed by atoms with Gasteiger partial charge in [-0.2, -0.15) is 5.10 Å². The van der Waals surface area contributed by atoms with Crippen molar-refractivity contribution >= 4 is 43.2 Å². The molecule has 0 saturated heterocycles. The van der Waals surface area contributed by atoms with E-state index in [1.54, 1.807) is 0 Å². The maximum absolute atomic E-state index is 14.5. The Morgan fingerprint density at radius 1 is 1.25 bits per heavy atom. The molecular weight excluding hydrogens is 493 g/mol. The number of nitrogens with zero attached hydrogens (tertiary/aromatic N) is 3. The highest BCUT2D eigenvalue weighted by Gasteiger charge is 2.47. The van der Waals surface area contributed by atoms with Crippen LogP contribution in [0.15, 0.2) is 58.6 Å². The number of nitrogens with two attached hydrogens (primary N) is 1. The van der Waals surface area contributed by atoms with Gasteiger partial charge >= 0.3 is 0 Å². The van der Waals surface area contributed by atoms with Crippen molar-refractivity contribution in [3.8, 4) is 0 Å². The van der Waals surface area contributed by atoms with E-state index in [1.807, 2.05) is 42.3 Å². The van der Waals surface area contributed by atoms with Crippen molar-refractivity contribution in [3.05, 3.63) is 71.3 Å². The fourth-order valence-electron chi connectivity index (χ4n) is 3.08. The van der Waals surface area contributed by atoms with Crippen LogP contribution in [0.1, 0.15) is 30.9 Å². The van der Waals surface area contributed by atoms with Crippen LogP contribution in [0.5, 0.6) is 0 Å². The van der Waals surface area contributed by atoms with E-state index < -0.39 is 16.5 Å². The molecule has 1 atom stereocenters. The predicted molar refractivity (Wildman–Crippen MR) is 121 cm³/mol. The molecule has 1 aliphatic rings. The van der Waals surface area contributed by atoms with Crippen molar-refractivity contribution in [2.45, 2.75) is 24.6 Å². The first kappa shape index (κ1) is 21.2. The number of aliphatic imine (C=N–C) groups is 1. The summed E-state index contributed by atoms with van der Waals surface area (Å²) in [5.41, 5.74) is 6.98. The maximum Gasteiger partial charge on any atom is 0.184 e. The van der Waals surface area contributed by atoms with E-state index in [0.29, 0.717) is 28.4 Å². The Labute approximate surface area is 181 Å². The minimum absolute atomic E-state index is 0.154. The van der Waals surface area contributed by atoms with Gasteiger partial charge < -0.3 is 5.73 Å². The Morgan fingerprint density at radius 3 is 2.68 bits per heavy atom. The molecule has 0 aromatic heterocycles. The summed E-state index contributed by atoms with van der Waals surface area (Å²) in [6.07, 6.45) is 1.44. The van der Waals surface area contributed by atoms with Crippen molar-refractivity contribution in [2.24, 2.45) is 15.8 Å². The van der Waals surface area contributed by atoms with Gasteiger partial charge in [-0.05, 0) is 50.1 Å². The number of amidine groups is 1. The molecule has 2 N–H and O–H groups in total. The van der Waals surface area contributed by atoms with Gasteiger partial charge in [-0.3, -0.25) is 4.99 Å². The van der Waals surface area contributed by atoms with E-state index in [1.165, 1.54) is 17.8 Å². The fraction of sp³-hybridized carbons (Fsp3) is 0.300. The zero-order chi connectivity index (χ0) is 20.1. The molecule has 3 rings (SSSR count). The summed E-state index contributed by atoms with van der Waals surface area (Å²) >= 11 is 3.57. The Balaban J connectivity index is 2.15. The van der Waals surface area contributed by atoms with E-state index in [4.69, 9.17) is 5.73 Å². The molecule has 1 heterocycles. The Kier molecular flexibility index (Phi) is 7.05. The van der Waals surface area contributed by atoms with E-state index >= 15 is 0 Å². The molecule has 0 aliphatic carbocycles. The molecule has 0 bridgehead atoms. The fourth-order valence-corrected chi connectivity index (χ4v) is 5.52. The first-order valence-corrected chi connectivity index (χ1v) is 10.9. The van der Waals surface area contributed by atoms with Crippen LogP contribution < -0.4 is 5.73 Å². The van der Waals surface area contributed by atoms with Gasteiger partial charge in [0.05, 0.1) is 0 Å². The zero-order valence-electron chi connectivity index (χ0n) is 15.4. The molecule has 2 aromatic carbocycles. The van der Waals surface area contributed by atoms with Gasteiger partial charge in [0.1, 0.15) is 21.5 Å². The molecule has 4 nitrogen and oxygen atoms in total. The molecule has 1 aliphatic heterocycles. The largest absolute Gasteiger partial charge is 0.330 e. The topological polar surface area (TPSA) is 54.0 Å². The molecule has 0 spiro atoms. The number of halogens is 3. The molecule has 0 fully saturated rings. The van der Waals surface area contributed by atoms with Gasteiger partial charge in [-0.25, -0.2) is 13.8 Å². The molecule has 28 heavy (non-hydrogen) atoms. The summed E-state index contributed by atoms with van der Waals surface area (Å²) in [5.74, 6) is -1.000. The third-order valence-electron chi connectivity index (χ3n) is 4.37. The Bertz CT molecular complexity index is 891. The van der Waals surface area contributed by atoms with Crippen LogP contribution >= 0.6 is 34.4 Å². The van der Waals surface area contributed by atoms with Crippen LogP contribution in [0.3, 0.4) is 0 Å². The highest BCUT2D eigenvalue weighted by Crippen LogP contribution is 2.51. The van der Waals surface area contributed by atoms with Crippen molar-refractivity contribution < 1.29 is 8.78 Å². The maximum atomic E-state index is 14.5. The molecular formula is C20H21F2IN4S. The van der Waals surface area contributed by atoms with Crippen LogP contribution in [0.25, 0.3) is 0 Å². The van der Waals surface area contributed by atoms with Gasteiger partial charge in [0.25, 0.3) is 0 Å². The third-order valence-corrected chi connectivity index (χ3v) is 6.61. The molecule has 148 valence electrons. The van der Waals surface area contributed by atoms with Gasteiger partial charge in [0.2, 0.25) is 0 Å². The first-order chi connectivity index (χ1) is 13.5. The monoisotopic (exact) mass is 514 g/mol. The van der Waals surface area contributed by atoms with E-state index in [-0.39, 0.29) is 5.56 Å². The quantitative estimate of drug-likeness (QED) is 0.253. The lowest BCUT2D eigenvalue weighted by Crippen LogP contribution is -2.40. The average molecular weight is 514 g/mol. The van der Waals surface area contributed by atoms with Crippen molar-refractivity contribution in [2.75, 3.05) is 13.1 Å². The molecule has 0 saturated carbocycles. The molecule has 8 heteroatoms. The van der Waals surface area contributed by atoms with Crippen LogP contribution in [0.4, 0.5) is 8.78 Å². The standard InChI is InChI=1S/C20H21F2IN4S/c1-2-25-19(23)27-20(11-6-12-24,14-7-4-3-5-8-14)28-18(26-27)16-13-15(21)9-10-17(16)22/h3-5,7-10,13H,2,6,11-12,24H2,1H3. The third kappa shape index (κ3) is 4.23. The highest BCUT2D eigenvalue weighted by molar-refractivity contribution is 14.1. The number of rotatable bonds is 6. The zero-order valence-corrected chi connectivity index (χ0v) is 18.4. The average Bonchev–Trinajstić information content (AvgIpc) is 3.10. The normalized spacial score (nSPS) is 19.8. The van der Waals surface area contributed by atoms with Crippen LogP contribution in [-0.4, -0.2) is 27.0 Å². The van der Waals surface area contributed by atoms with Gasteiger partial charge in [0, 0.05) is 34.7 Å². The molecule has 0 radical (unpaired) electrons. The molecule has 0 amide bonds. The predicted octanol–water partition coefficient (Wildman–Crippen LogP) is 5.08. The van der Waals surface area contributed by atoms with Gasteiger partial charge in [0.15, 0.2) is 3.84 Å². The first-order valence-electron chi connectivity index (χ1n) is 9.00. The lowest BCUT2D eigenvalue weighted by Gasteiger charge is -2.36. The number of hydrogen-bond acceptors (Lipinski definition) is 4. The van der Waals surface area contributed by atoms with Crippen LogP contribution in [0, 0.1) is 11.6 Å². The number of hydrazone groups is 1. The summed E-state index contributed by atoms with van der Waals surface area (Å²) in [5, 5.41) is 6.94. The second kappa shape index (κ2) is 9.32. The summed E-state index contributed by atoms with van der Waals surface area (Å²) < 4.78 is 29.0. The van der Waals surface area contributed by atoms with Gasteiger partial charge in [-0.15, -0.1) is 0 Å². The lowest BCUT2D eigenvalue weighted by molar-refractivity contribution is 0.285. The number of thioether (sulfide) groups is 1. The molecule has 2 aromatic rings. The number of benzene rings is 2. The minimum Gasteiger partial charge on any atom is -0.330 e. The van der Waals surface area contributed by atoms with Crippen molar-refractivity contribution in [3.63, 3.8) is 0 Å². The van der Waals surface area contributed by atoms with Crippen LogP contribution in [0.2, 0.25) is 0 Å². The lowest BCUT2D eigenvalue weighted by atomic mass is 10.0. The smallest absolute Gasteiger partial charge is 0.184 e. The van der Waals surface area contributed by atoms with Crippen molar-refractivity contribution in [1.29, 1.82) is 0 Å². The minimum atomic E-state index is -0.621.